The first-order chi connectivity index (χ1) is 12.4. The summed E-state index contributed by atoms with van der Waals surface area (Å²) in [6.45, 7) is 5.38. The minimum absolute atomic E-state index is 0.143. The van der Waals surface area contributed by atoms with E-state index < -0.39 is 19.8 Å². The predicted molar refractivity (Wildman–Crippen MR) is 94.1 cm³/mol. The molecule has 0 fully saturated rings. The van der Waals surface area contributed by atoms with Crippen molar-refractivity contribution in [3.05, 3.63) is 29.8 Å². The number of esters is 2. The highest BCUT2D eigenvalue weighted by Gasteiger charge is 2.24. The molecule has 0 heterocycles. The summed E-state index contributed by atoms with van der Waals surface area (Å²) in [5, 5.41) is 0. The van der Waals surface area contributed by atoms with Gasteiger partial charge in [0.15, 0.2) is 0 Å². The average molecular weight is 388 g/mol. The number of phosphoric acid groups is 1. The molecule has 0 saturated carbocycles. The van der Waals surface area contributed by atoms with Gasteiger partial charge in [-0.3, -0.25) is 18.4 Å². The van der Waals surface area contributed by atoms with Gasteiger partial charge >= 0.3 is 19.8 Å². The smallest absolute Gasteiger partial charge is 0.462 e. The fourth-order valence-corrected chi connectivity index (χ4v) is 3.14. The molecule has 0 N–H and O–H groups in total. The lowest BCUT2D eigenvalue weighted by Crippen LogP contribution is -2.11. The van der Waals surface area contributed by atoms with Crippen LogP contribution < -0.4 is 4.74 Å². The van der Waals surface area contributed by atoms with E-state index in [0.29, 0.717) is 12.8 Å². The first-order valence-corrected chi connectivity index (χ1v) is 9.86. The van der Waals surface area contributed by atoms with Crippen LogP contribution in [0.1, 0.15) is 44.0 Å². The van der Waals surface area contributed by atoms with Crippen LogP contribution in [0.4, 0.5) is 0 Å². The molecule has 0 aliphatic carbocycles. The summed E-state index contributed by atoms with van der Waals surface area (Å²) in [5.74, 6) is -0.949. The Kier molecular flexibility index (Phi) is 10.1. The normalized spacial score (nSPS) is 11.2. The molecule has 0 aliphatic heterocycles. The van der Waals surface area contributed by atoms with E-state index in [1.165, 1.54) is 19.1 Å². The van der Waals surface area contributed by atoms with Gasteiger partial charge in [0.2, 0.25) is 0 Å². The van der Waals surface area contributed by atoms with E-state index in [-0.39, 0.29) is 37.7 Å². The minimum Gasteiger partial charge on any atom is -0.462 e. The van der Waals surface area contributed by atoms with Crippen molar-refractivity contribution in [2.75, 3.05) is 26.4 Å². The zero-order valence-corrected chi connectivity index (χ0v) is 16.2. The van der Waals surface area contributed by atoms with Gasteiger partial charge in [-0.25, -0.2) is 9.36 Å². The van der Waals surface area contributed by atoms with Crippen LogP contribution in [0.25, 0.3) is 0 Å². The topological polar surface area (TPSA) is 97.4 Å². The number of ether oxygens (including phenoxy) is 2. The Balaban J connectivity index is 2.37. The van der Waals surface area contributed by atoms with Crippen molar-refractivity contribution in [2.45, 2.75) is 33.6 Å². The van der Waals surface area contributed by atoms with E-state index in [0.717, 1.165) is 0 Å². The van der Waals surface area contributed by atoms with E-state index in [1.807, 2.05) is 0 Å². The Morgan fingerprint density at radius 1 is 0.962 bits per heavy atom. The Morgan fingerprint density at radius 3 is 2.19 bits per heavy atom. The molecule has 26 heavy (non-hydrogen) atoms. The highest BCUT2D eigenvalue weighted by atomic mass is 31.2. The summed E-state index contributed by atoms with van der Waals surface area (Å²) >= 11 is 0. The molecular formula is C17H25O8P. The molecule has 0 amide bonds. The summed E-state index contributed by atoms with van der Waals surface area (Å²) < 4.78 is 37.4. The summed E-state index contributed by atoms with van der Waals surface area (Å²) in [6, 6.07) is 6.34. The molecule has 0 saturated heterocycles. The van der Waals surface area contributed by atoms with Crippen LogP contribution in [-0.2, 0) is 27.7 Å². The maximum absolute atomic E-state index is 12.1. The maximum atomic E-state index is 12.1. The lowest BCUT2D eigenvalue weighted by atomic mass is 10.2. The zero-order chi connectivity index (χ0) is 19.4. The number of benzene rings is 1. The number of hydrogen-bond donors (Lipinski definition) is 0. The third-order valence-corrected chi connectivity index (χ3v) is 4.60. The van der Waals surface area contributed by atoms with Gasteiger partial charge < -0.3 is 9.47 Å². The van der Waals surface area contributed by atoms with Crippen LogP contribution in [-0.4, -0.2) is 38.4 Å². The fraction of sp³-hybridized carbons (Fsp3) is 0.529. The van der Waals surface area contributed by atoms with Crippen molar-refractivity contribution < 1.29 is 37.2 Å². The molecule has 0 radical (unpaired) electrons. The third-order valence-electron chi connectivity index (χ3n) is 2.96. The highest BCUT2D eigenvalue weighted by Crippen LogP contribution is 2.49. The van der Waals surface area contributed by atoms with Gasteiger partial charge in [0.1, 0.15) is 11.3 Å². The Bertz CT molecular complexity index is 621. The molecule has 9 heteroatoms. The Hall–Kier alpha value is -1.73. The van der Waals surface area contributed by atoms with Gasteiger partial charge in [0.05, 0.1) is 26.4 Å². The van der Waals surface area contributed by atoms with Gasteiger partial charge in [-0.2, -0.15) is 0 Å². The second-order valence-corrected chi connectivity index (χ2v) is 6.72. The van der Waals surface area contributed by atoms with E-state index in [1.54, 1.807) is 26.0 Å². The molecule has 0 aromatic heterocycles. The van der Waals surface area contributed by atoms with Crippen LogP contribution in [0.15, 0.2) is 24.3 Å². The van der Waals surface area contributed by atoms with Crippen molar-refractivity contribution in [2.24, 2.45) is 0 Å². The number of unbranched alkanes of at least 4 members (excludes halogenated alkanes) is 1. The summed E-state index contributed by atoms with van der Waals surface area (Å²) in [6.07, 6.45) is 1.00. The number of hydrogen-bond acceptors (Lipinski definition) is 8. The minimum atomic E-state index is -3.51. The van der Waals surface area contributed by atoms with E-state index in [2.05, 4.69) is 0 Å². The van der Waals surface area contributed by atoms with Crippen molar-refractivity contribution >= 4 is 19.8 Å². The zero-order valence-electron chi connectivity index (χ0n) is 15.3. The summed E-state index contributed by atoms with van der Waals surface area (Å²) in [5.41, 5.74) is 0.177. The maximum Gasteiger partial charge on any atom is 0.474 e. The van der Waals surface area contributed by atoms with Crippen LogP contribution in [0.2, 0.25) is 0 Å². The molecule has 1 aromatic carbocycles. The second kappa shape index (κ2) is 11.8. The second-order valence-electron chi connectivity index (χ2n) is 5.05. The largest absolute Gasteiger partial charge is 0.474 e. The number of carbonyl (C=O) groups excluding carboxylic acids is 2. The highest BCUT2D eigenvalue weighted by molar-refractivity contribution is 7.48. The fourth-order valence-electron chi connectivity index (χ4n) is 1.93. The van der Waals surface area contributed by atoms with Gasteiger partial charge in [0.25, 0.3) is 0 Å². The SMILES string of the molecule is CCOP(=O)(OCC)OCCCCOC(=O)c1ccccc1OC(C)=O. The van der Waals surface area contributed by atoms with Crippen LogP contribution in [0.5, 0.6) is 5.75 Å². The average Bonchev–Trinajstić information content (AvgIpc) is 2.58. The van der Waals surface area contributed by atoms with Crippen molar-refractivity contribution in [1.29, 1.82) is 0 Å². The van der Waals surface area contributed by atoms with Gasteiger partial charge in [-0.15, -0.1) is 0 Å². The lowest BCUT2D eigenvalue weighted by Gasteiger charge is -2.16. The van der Waals surface area contributed by atoms with Gasteiger partial charge in [-0.1, -0.05) is 12.1 Å². The quantitative estimate of drug-likeness (QED) is 0.231. The third kappa shape index (κ3) is 8.10. The number of rotatable bonds is 12. The summed E-state index contributed by atoms with van der Waals surface area (Å²) in [4.78, 5) is 23.1. The Morgan fingerprint density at radius 2 is 1.58 bits per heavy atom. The molecular weight excluding hydrogens is 363 g/mol. The van der Waals surface area contributed by atoms with Gasteiger partial charge in [-0.05, 0) is 38.8 Å². The van der Waals surface area contributed by atoms with Crippen molar-refractivity contribution in [1.82, 2.24) is 0 Å². The molecule has 0 aliphatic rings. The van der Waals surface area contributed by atoms with Gasteiger partial charge in [0, 0.05) is 6.92 Å². The molecule has 1 aromatic rings. The van der Waals surface area contributed by atoms with Crippen LogP contribution >= 0.6 is 7.82 Å². The lowest BCUT2D eigenvalue weighted by molar-refractivity contribution is -0.131. The summed E-state index contributed by atoms with van der Waals surface area (Å²) in [7, 11) is -3.51. The Labute approximate surface area is 153 Å². The van der Waals surface area contributed by atoms with Crippen molar-refractivity contribution in [3.63, 3.8) is 0 Å². The number of para-hydroxylation sites is 1. The van der Waals surface area contributed by atoms with E-state index >= 15 is 0 Å². The van der Waals surface area contributed by atoms with Crippen molar-refractivity contribution in [3.8, 4) is 5.75 Å². The van der Waals surface area contributed by atoms with E-state index in [4.69, 9.17) is 23.0 Å². The first-order valence-electron chi connectivity index (χ1n) is 8.40. The van der Waals surface area contributed by atoms with Crippen LogP contribution in [0.3, 0.4) is 0 Å². The number of carbonyl (C=O) groups is 2. The molecule has 8 nitrogen and oxygen atoms in total. The molecule has 0 spiro atoms. The first kappa shape index (κ1) is 22.3. The number of phosphoric ester groups is 1. The standard InChI is InChI=1S/C17H25O8P/c1-4-22-26(20,23-5-2)24-13-9-8-12-21-17(19)15-10-6-7-11-16(15)25-14(3)18/h6-7,10-11H,4-5,8-9,12-13H2,1-3H3. The van der Waals surface area contributed by atoms with E-state index in [9.17, 15) is 14.2 Å². The molecule has 1 rings (SSSR count). The van der Waals surface area contributed by atoms with Crippen LogP contribution in [0, 0.1) is 0 Å². The molecule has 146 valence electrons. The predicted octanol–water partition coefficient (Wildman–Crippen LogP) is 3.75. The molecule has 0 atom stereocenters. The molecule has 0 unspecified atom stereocenters. The monoisotopic (exact) mass is 388 g/mol. The molecule has 0 bridgehead atoms.